The lowest BCUT2D eigenvalue weighted by Crippen LogP contribution is -2.25. The molecule has 78 valence electrons. The van der Waals surface area contributed by atoms with Gasteiger partial charge in [-0.15, -0.1) is 0 Å². The summed E-state index contributed by atoms with van der Waals surface area (Å²) in [6.45, 7) is 0. The Balaban J connectivity index is 2.06. The average Bonchev–Trinajstić information content (AvgIpc) is 2.78. The van der Waals surface area contributed by atoms with Crippen LogP contribution in [0, 0.1) is 5.82 Å². The molecule has 1 saturated carbocycles. The number of nitrogens with two attached hydrogens (primary N) is 1. The molecule has 1 aliphatic carbocycles. The zero-order chi connectivity index (χ0) is 10.5. The first-order valence-electron chi connectivity index (χ1n) is 5.11. The number of rotatable bonds is 2. The van der Waals surface area contributed by atoms with Crippen LogP contribution < -0.4 is 5.73 Å². The lowest BCUT2D eigenvalue weighted by molar-refractivity contribution is 0.586. The van der Waals surface area contributed by atoms with Crippen LogP contribution in [0.3, 0.4) is 0 Å². The zero-order valence-corrected chi connectivity index (χ0v) is 8.29. The molecule has 0 radical (unpaired) electrons. The van der Waals surface area contributed by atoms with Crippen molar-refractivity contribution in [2.24, 2.45) is 5.73 Å². The highest BCUT2D eigenvalue weighted by Gasteiger charge is 2.38. The third-order valence-electron chi connectivity index (χ3n) is 3.08. The van der Waals surface area contributed by atoms with Gasteiger partial charge in [0.25, 0.3) is 0 Å². The summed E-state index contributed by atoms with van der Waals surface area (Å²) in [6, 6.07) is 5.23. The highest BCUT2D eigenvalue weighted by molar-refractivity contribution is 5.78. The van der Waals surface area contributed by atoms with Crippen molar-refractivity contribution in [1.29, 1.82) is 0 Å². The van der Waals surface area contributed by atoms with E-state index in [9.17, 15) is 4.39 Å². The van der Waals surface area contributed by atoms with Gasteiger partial charge in [-0.1, -0.05) is 6.07 Å². The second-order valence-corrected chi connectivity index (χ2v) is 4.41. The maximum absolute atomic E-state index is 13.9. The number of benzene rings is 1. The van der Waals surface area contributed by atoms with Gasteiger partial charge in [-0.25, -0.2) is 4.39 Å². The van der Waals surface area contributed by atoms with E-state index < -0.39 is 0 Å². The molecule has 15 heavy (non-hydrogen) atoms. The fourth-order valence-corrected chi connectivity index (χ4v) is 1.91. The molecule has 2 aromatic rings. The van der Waals surface area contributed by atoms with Gasteiger partial charge in [0, 0.05) is 5.54 Å². The van der Waals surface area contributed by atoms with Crippen molar-refractivity contribution in [2.75, 3.05) is 0 Å². The van der Waals surface area contributed by atoms with Crippen molar-refractivity contribution in [1.82, 2.24) is 0 Å². The summed E-state index contributed by atoms with van der Waals surface area (Å²) in [6.07, 6.45) is 4.12. The second kappa shape index (κ2) is 2.83. The van der Waals surface area contributed by atoms with Crippen LogP contribution in [0.15, 0.2) is 28.9 Å². The quantitative estimate of drug-likeness (QED) is 0.818. The molecule has 2 N–H and O–H groups in total. The predicted molar refractivity (Wildman–Crippen MR) is 56.0 cm³/mol. The molecule has 1 heterocycles. The first-order chi connectivity index (χ1) is 7.18. The lowest BCUT2D eigenvalue weighted by atomic mass is 10.0. The average molecular weight is 205 g/mol. The minimum Gasteiger partial charge on any atom is -0.464 e. The van der Waals surface area contributed by atoms with E-state index in [1.54, 1.807) is 18.2 Å². The van der Waals surface area contributed by atoms with Gasteiger partial charge in [0.1, 0.15) is 11.4 Å². The summed E-state index contributed by atoms with van der Waals surface area (Å²) in [7, 11) is 0. The van der Waals surface area contributed by atoms with Crippen LogP contribution >= 0.6 is 0 Å². The fourth-order valence-electron chi connectivity index (χ4n) is 1.91. The minimum absolute atomic E-state index is 0.155. The molecule has 1 aromatic carbocycles. The van der Waals surface area contributed by atoms with Crippen molar-refractivity contribution < 1.29 is 8.81 Å². The third-order valence-corrected chi connectivity index (χ3v) is 3.08. The Labute approximate surface area is 86.9 Å². The lowest BCUT2D eigenvalue weighted by Gasteiger charge is -2.09. The van der Waals surface area contributed by atoms with Crippen molar-refractivity contribution in [3.8, 4) is 0 Å². The molecule has 3 rings (SSSR count). The van der Waals surface area contributed by atoms with Crippen molar-refractivity contribution in [2.45, 2.75) is 24.8 Å². The topological polar surface area (TPSA) is 39.2 Å². The molecule has 1 aliphatic rings. The minimum atomic E-state index is -0.182. The van der Waals surface area contributed by atoms with Crippen LogP contribution in [0.25, 0.3) is 11.0 Å². The monoisotopic (exact) mass is 205 g/mol. The summed E-state index contributed by atoms with van der Waals surface area (Å²) in [5.74, 6) is -0.182. The largest absolute Gasteiger partial charge is 0.464 e. The molecule has 1 aromatic heterocycles. The summed E-state index contributed by atoms with van der Waals surface area (Å²) >= 11 is 0. The standard InChI is InChI=1S/C12H12FNO/c13-11-8(7-12(14)4-5-12)1-2-10-9(11)3-6-15-10/h1-3,6H,4-5,7,14H2. The summed E-state index contributed by atoms with van der Waals surface area (Å²) in [5, 5.41) is 0.553. The van der Waals surface area contributed by atoms with E-state index in [1.807, 2.05) is 0 Å². The normalized spacial score (nSPS) is 18.3. The molecular formula is C12H12FNO. The molecule has 1 fully saturated rings. The zero-order valence-electron chi connectivity index (χ0n) is 8.29. The first kappa shape index (κ1) is 8.92. The van der Waals surface area contributed by atoms with E-state index in [0.29, 0.717) is 23.0 Å². The summed E-state index contributed by atoms with van der Waals surface area (Å²) in [4.78, 5) is 0. The molecule has 0 amide bonds. The van der Waals surface area contributed by atoms with Crippen molar-refractivity contribution >= 4 is 11.0 Å². The van der Waals surface area contributed by atoms with E-state index in [2.05, 4.69) is 0 Å². The molecule has 0 aliphatic heterocycles. The van der Waals surface area contributed by atoms with E-state index >= 15 is 0 Å². The van der Waals surface area contributed by atoms with E-state index in [1.165, 1.54) is 6.26 Å². The van der Waals surface area contributed by atoms with Gasteiger partial charge in [-0.3, -0.25) is 0 Å². The fraction of sp³-hybridized carbons (Fsp3) is 0.333. The van der Waals surface area contributed by atoms with Crippen LogP contribution in [0.4, 0.5) is 4.39 Å². The number of hydrogen-bond donors (Lipinski definition) is 1. The van der Waals surface area contributed by atoms with Crippen LogP contribution in [0.1, 0.15) is 18.4 Å². The van der Waals surface area contributed by atoms with Crippen LogP contribution in [-0.4, -0.2) is 5.54 Å². The first-order valence-corrected chi connectivity index (χ1v) is 5.11. The molecule has 0 spiro atoms. The Hall–Kier alpha value is -1.35. The second-order valence-electron chi connectivity index (χ2n) is 4.41. The number of halogens is 1. The van der Waals surface area contributed by atoms with Gasteiger partial charge in [0.05, 0.1) is 11.6 Å². The van der Waals surface area contributed by atoms with Gasteiger partial charge < -0.3 is 10.2 Å². The molecule has 3 heteroatoms. The summed E-state index contributed by atoms with van der Waals surface area (Å²) in [5.41, 5.74) is 7.12. The summed E-state index contributed by atoms with van der Waals surface area (Å²) < 4.78 is 19.1. The Morgan fingerprint density at radius 3 is 2.87 bits per heavy atom. The van der Waals surface area contributed by atoms with Crippen LogP contribution in [0.2, 0.25) is 0 Å². The van der Waals surface area contributed by atoms with Gasteiger partial charge >= 0.3 is 0 Å². The smallest absolute Gasteiger partial charge is 0.137 e. The van der Waals surface area contributed by atoms with E-state index in [0.717, 1.165) is 12.8 Å². The van der Waals surface area contributed by atoms with Crippen LogP contribution in [0.5, 0.6) is 0 Å². The number of fused-ring (bicyclic) bond motifs is 1. The molecule has 0 bridgehead atoms. The number of hydrogen-bond acceptors (Lipinski definition) is 2. The van der Waals surface area contributed by atoms with E-state index in [-0.39, 0.29) is 11.4 Å². The van der Waals surface area contributed by atoms with Crippen molar-refractivity contribution in [3.63, 3.8) is 0 Å². The predicted octanol–water partition coefficient (Wildman–Crippen LogP) is 2.61. The highest BCUT2D eigenvalue weighted by Crippen LogP contribution is 2.37. The highest BCUT2D eigenvalue weighted by atomic mass is 19.1. The maximum Gasteiger partial charge on any atom is 0.137 e. The molecular weight excluding hydrogens is 193 g/mol. The molecule has 2 nitrogen and oxygen atoms in total. The van der Waals surface area contributed by atoms with Gasteiger partial charge in [-0.2, -0.15) is 0 Å². The number of furan rings is 1. The Kier molecular flexibility index (Phi) is 1.68. The maximum atomic E-state index is 13.9. The molecule has 0 saturated heterocycles. The van der Waals surface area contributed by atoms with Gasteiger partial charge in [0.2, 0.25) is 0 Å². The van der Waals surface area contributed by atoms with E-state index in [4.69, 9.17) is 10.2 Å². The Morgan fingerprint density at radius 1 is 1.33 bits per heavy atom. The van der Waals surface area contributed by atoms with Gasteiger partial charge in [0.15, 0.2) is 0 Å². The van der Waals surface area contributed by atoms with Gasteiger partial charge in [-0.05, 0) is 37.0 Å². The van der Waals surface area contributed by atoms with Crippen LogP contribution in [-0.2, 0) is 6.42 Å². The molecule has 0 unspecified atom stereocenters. The Morgan fingerprint density at radius 2 is 2.13 bits per heavy atom. The van der Waals surface area contributed by atoms with Crippen molar-refractivity contribution in [3.05, 3.63) is 35.8 Å². The Bertz CT molecular complexity index is 513. The SMILES string of the molecule is NC1(Cc2ccc3occc3c2F)CC1. The third kappa shape index (κ3) is 1.43. The molecule has 0 atom stereocenters.